The second-order valence-corrected chi connectivity index (χ2v) is 9.36. The van der Waals surface area contributed by atoms with E-state index in [4.69, 9.17) is 0 Å². The van der Waals surface area contributed by atoms with Gasteiger partial charge in [0.2, 0.25) is 10.0 Å². The van der Waals surface area contributed by atoms with Gasteiger partial charge in [-0.3, -0.25) is 9.78 Å². The molecule has 0 aliphatic carbocycles. The summed E-state index contributed by atoms with van der Waals surface area (Å²) in [6.45, 7) is 0.825. The van der Waals surface area contributed by atoms with E-state index in [0.717, 1.165) is 18.9 Å². The van der Waals surface area contributed by atoms with Gasteiger partial charge in [-0.15, -0.1) is 0 Å². The van der Waals surface area contributed by atoms with Crippen molar-refractivity contribution in [3.05, 3.63) is 54.4 Å². The third-order valence-electron chi connectivity index (χ3n) is 3.94. The molecule has 10 heteroatoms. The Kier molecular flexibility index (Phi) is 5.08. The van der Waals surface area contributed by atoms with Gasteiger partial charge in [-0.25, -0.2) is 21.6 Å². The molecule has 0 bridgehead atoms. The van der Waals surface area contributed by atoms with Crippen LogP contribution in [0.3, 0.4) is 0 Å². The highest BCUT2D eigenvalue weighted by Gasteiger charge is 2.28. The molecule has 0 saturated carbocycles. The van der Waals surface area contributed by atoms with Crippen molar-refractivity contribution < 1.29 is 21.6 Å². The highest BCUT2D eigenvalue weighted by atomic mass is 32.2. The van der Waals surface area contributed by atoms with Gasteiger partial charge >= 0.3 is 0 Å². The smallest absolute Gasteiger partial charge is 0.266 e. The first-order chi connectivity index (χ1) is 12.3. The number of carbonyl (C=O) groups is 1. The molecule has 1 aromatic carbocycles. The fourth-order valence-electron chi connectivity index (χ4n) is 2.61. The summed E-state index contributed by atoms with van der Waals surface area (Å²) in [5, 5.41) is 0. The molecule has 0 spiro atoms. The van der Waals surface area contributed by atoms with Crippen LogP contribution in [0.4, 0.5) is 0 Å². The quantitative estimate of drug-likeness (QED) is 0.807. The minimum atomic E-state index is -4.24. The molecule has 0 unspecified atom stereocenters. The number of hydrogen-bond donors (Lipinski definition) is 1. The van der Waals surface area contributed by atoms with Crippen LogP contribution in [-0.4, -0.2) is 45.1 Å². The monoisotopic (exact) mass is 395 g/mol. The molecule has 0 radical (unpaired) electrons. The minimum Gasteiger partial charge on any atom is -0.266 e. The Hall–Kier alpha value is -2.30. The molecule has 1 fully saturated rings. The average molecular weight is 395 g/mol. The number of pyridine rings is 1. The fraction of sp³-hybridized carbons (Fsp3) is 0.250. The number of nitrogens with zero attached hydrogens (tertiary/aromatic N) is 2. The Morgan fingerprint density at radius 2 is 1.65 bits per heavy atom. The van der Waals surface area contributed by atoms with E-state index in [9.17, 15) is 21.6 Å². The number of amides is 1. The summed E-state index contributed by atoms with van der Waals surface area (Å²) < 4.78 is 53.3. The van der Waals surface area contributed by atoms with Gasteiger partial charge in [0, 0.05) is 19.3 Å². The highest BCUT2D eigenvalue weighted by Crippen LogP contribution is 2.23. The van der Waals surface area contributed by atoms with E-state index in [1.54, 1.807) is 12.1 Å². The summed E-state index contributed by atoms with van der Waals surface area (Å²) in [5.41, 5.74) is -0.0584. The van der Waals surface area contributed by atoms with Gasteiger partial charge in [0.15, 0.2) is 0 Å². The average Bonchev–Trinajstić information content (AvgIpc) is 3.18. The maximum atomic E-state index is 12.6. The molecule has 8 nitrogen and oxygen atoms in total. The summed E-state index contributed by atoms with van der Waals surface area (Å²) in [6, 6.07) is 9.49. The number of rotatable bonds is 5. The molecule has 26 heavy (non-hydrogen) atoms. The van der Waals surface area contributed by atoms with E-state index < -0.39 is 26.0 Å². The zero-order valence-corrected chi connectivity index (χ0v) is 15.3. The first-order valence-corrected chi connectivity index (χ1v) is 10.8. The lowest BCUT2D eigenvalue weighted by atomic mass is 10.3. The molecule has 3 rings (SSSR count). The third-order valence-corrected chi connectivity index (χ3v) is 7.17. The highest BCUT2D eigenvalue weighted by molar-refractivity contribution is 7.90. The summed E-state index contributed by atoms with van der Waals surface area (Å²) in [6.07, 6.45) is 2.92. The Morgan fingerprint density at radius 1 is 0.962 bits per heavy atom. The van der Waals surface area contributed by atoms with Crippen LogP contribution in [0.1, 0.15) is 23.3 Å². The molecule has 1 aliphatic heterocycles. The molecule has 1 saturated heterocycles. The Labute approximate surface area is 152 Å². The number of sulfonamides is 2. The van der Waals surface area contributed by atoms with Crippen LogP contribution in [-0.2, 0) is 20.0 Å². The van der Waals surface area contributed by atoms with E-state index in [0.29, 0.717) is 13.1 Å². The zero-order chi connectivity index (χ0) is 18.8. The molecule has 2 aromatic rings. The zero-order valence-electron chi connectivity index (χ0n) is 13.7. The molecular weight excluding hydrogens is 378 g/mol. The molecule has 1 aromatic heterocycles. The summed E-state index contributed by atoms with van der Waals surface area (Å²) >= 11 is 0. The Morgan fingerprint density at radius 3 is 2.31 bits per heavy atom. The first kappa shape index (κ1) is 18.5. The lowest BCUT2D eigenvalue weighted by molar-refractivity contribution is 0.0976. The number of hydrogen-bond acceptors (Lipinski definition) is 6. The SMILES string of the molecule is O=C(NS(=O)(=O)c1cccc(S(=O)(=O)N2CCCC2)c1)c1ccccn1. The first-order valence-electron chi connectivity index (χ1n) is 7.89. The van der Waals surface area contributed by atoms with Crippen LogP contribution in [0.25, 0.3) is 0 Å². The van der Waals surface area contributed by atoms with Crippen LogP contribution < -0.4 is 4.72 Å². The van der Waals surface area contributed by atoms with Crippen molar-refractivity contribution in [2.24, 2.45) is 0 Å². The van der Waals surface area contributed by atoms with Gasteiger partial charge in [0.05, 0.1) is 9.79 Å². The second-order valence-electron chi connectivity index (χ2n) is 5.74. The Balaban J connectivity index is 1.88. The molecule has 138 valence electrons. The standard InChI is InChI=1S/C16H17N3O5S2/c20-16(15-8-1-2-9-17-15)18-25(21,22)13-6-5-7-14(12-13)26(23,24)19-10-3-4-11-19/h1-2,5-9,12H,3-4,10-11H2,(H,18,20). The van der Waals surface area contributed by atoms with Gasteiger partial charge in [-0.05, 0) is 43.2 Å². The molecule has 0 atom stereocenters. The van der Waals surface area contributed by atoms with Crippen LogP contribution in [0.15, 0.2) is 58.5 Å². The summed E-state index contributed by atoms with van der Waals surface area (Å²) in [4.78, 5) is 15.4. The van der Waals surface area contributed by atoms with Gasteiger partial charge in [0.1, 0.15) is 5.69 Å². The van der Waals surface area contributed by atoms with Gasteiger partial charge < -0.3 is 0 Å². The molecule has 1 N–H and O–H groups in total. The van der Waals surface area contributed by atoms with E-state index >= 15 is 0 Å². The molecule has 1 amide bonds. The topological polar surface area (TPSA) is 114 Å². The lowest BCUT2D eigenvalue weighted by Crippen LogP contribution is -2.31. The van der Waals surface area contributed by atoms with Crippen molar-refractivity contribution in [2.75, 3.05) is 13.1 Å². The predicted molar refractivity (Wildman–Crippen MR) is 93.3 cm³/mol. The molecule has 2 heterocycles. The summed E-state index contributed by atoms with van der Waals surface area (Å²) in [7, 11) is -7.99. The number of carbonyl (C=O) groups excluding carboxylic acids is 1. The summed E-state index contributed by atoms with van der Waals surface area (Å²) in [5.74, 6) is -0.890. The van der Waals surface area contributed by atoms with Crippen molar-refractivity contribution in [3.8, 4) is 0 Å². The third kappa shape index (κ3) is 3.76. The number of nitrogens with one attached hydrogen (secondary N) is 1. The van der Waals surface area contributed by atoms with Crippen molar-refractivity contribution in [3.63, 3.8) is 0 Å². The second kappa shape index (κ2) is 7.14. The van der Waals surface area contributed by atoms with Crippen molar-refractivity contribution in [2.45, 2.75) is 22.6 Å². The lowest BCUT2D eigenvalue weighted by Gasteiger charge is -2.16. The van der Waals surface area contributed by atoms with Crippen LogP contribution in [0, 0.1) is 0 Å². The van der Waals surface area contributed by atoms with E-state index in [-0.39, 0.29) is 15.5 Å². The largest absolute Gasteiger partial charge is 0.283 e. The Bertz CT molecular complexity index is 1010. The van der Waals surface area contributed by atoms with Crippen molar-refractivity contribution >= 4 is 26.0 Å². The van der Waals surface area contributed by atoms with Crippen LogP contribution in [0.2, 0.25) is 0 Å². The number of benzene rings is 1. The number of aromatic nitrogens is 1. The van der Waals surface area contributed by atoms with Crippen molar-refractivity contribution in [1.29, 1.82) is 0 Å². The van der Waals surface area contributed by atoms with E-state index in [1.807, 2.05) is 4.72 Å². The van der Waals surface area contributed by atoms with Gasteiger partial charge in [0.25, 0.3) is 15.9 Å². The molecular formula is C16H17N3O5S2. The maximum absolute atomic E-state index is 12.6. The normalized spacial score (nSPS) is 15.7. The van der Waals surface area contributed by atoms with E-state index in [1.165, 1.54) is 34.8 Å². The fourth-order valence-corrected chi connectivity index (χ4v) is 5.25. The predicted octanol–water partition coefficient (Wildman–Crippen LogP) is 0.985. The maximum Gasteiger partial charge on any atom is 0.283 e. The van der Waals surface area contributed by atoms with Gasteiger partial charge in [-0.2, -0.15) is 4.31 Å². The van der Waals surface area contributed by atoms with Crippen LogP contribution >= 0.6 is 0 Å². The van der Waals surface area contributed by atoms with Gasteiger partial charge in [-0.1, -0.05) is 12.1 Å². The van der Waals surface area contributed by atoms with E-state index in [2.05, 4.69) is 4.98 Å². The van der Waals surface area contributed by atoms with Crippen molar-refractivity contribution in [1.82, 2.24) is 14.0 Å². The molecule has 1 aliphatic rings. The van der Waals surface area contributed by atoms with Crippen LogP contribution in [0.5, 0.6) is 0 Å². The minimum absolute atomic E-state index is 0.0584.